The molecule has 3 N–H and O–H groups in total. The number of unbranched alkanes of at least 4 members (excludes halogenated alkanes) is 1. The summed E-state index contributed by atoms with van der Waals surface area (Å²) in [6, 6.07) is 17.7. The summed E-state index contributed by atoms with van der Waals surface area (Å²) in [5.41, 5.74) is 3.29. The molecule has 0 bridgehead atoms. The number of hydrogen-bond acceptors (Lipinski definition) is 5. The number of hydrazone groups is 1. The fourth-order valence-electron chi connectivity index (χ4n) is 2.93. The number of fused-ring (bicyclic) bond motifs is 1. The number of phenolic OH excluding ortho intramolecular Hbond substituents is 1. The van der Waals surface area contributed by atoms with Gasteiger partial charge in [-0.25, -0.2) is 5.43 Å². The molecule has 7 nitrogen and oxygen atoms in total. The Bertz CT molecular complexity index is 1080. The van der Waals surface area contributed by atoms with Crippen molar-refractivity contribution in [2.75, 3.05) is 13.2 Å². The Balaban J connectivity index is 1.50. The first-order valence-corrected chi connectivity index (χ1v) is 10.1. The summed E-state index contributed by atoms with van der Waals surface area (Å²) < 4.78 is 5.57. The van der Waals surface area contributed by atoms with Crippen LogP contribution in [0.1, 0.15) is 35.7 Å². The van der Waals surface area contributed by atoms with E-state index in [1.807, 2.05) is 24.3 Å². The van der Waals surface area contributed by atoms with E-state index < -0.39 is 5.91 Å². The van der Waals surface area contributed by atoms with Crippen molar-refractivity contribution in [3.05, 3.63) is 71.8 Å². The number of ether oxygens (including phenoxy) is 1. The lowest BCUT2D eigenvalue weighted by molar-refractivity contribution is -0.120. The van der Waals surface area contributed by atoms with Crippen LogP contribution in [-0.2, 0) is 4.79 Å². The van der Waals surface area contributed by atoms with Crippen LogP contribution >= 0.6 is 0 Å². The molecule has 0 spiro atoms. The van der Waals surface area contributed by atoms with Crippen LogP contribution in [-0.4, -0.2) is 36.3 Å². The number of nitrogens with one attached hydrogen (secondary N) is 2. The van der Waals surface area contributed by atoms with Gasteiger partial charge in [0.1, 0.15) is 11.5 Å². The van der Waals surface area contributed by atoms with Crippen LogP contribution in [0.15, 0.2) is 65.8 Å². The average molecular weight is 419 g/mol. The second kappa shape index (κ2) is 10.8. The lowest BCUT2D eigenvalue weighted by Gasteiger charge is -2.07. The summed E-state index contributed by atoms with van der Waals surface area (Å²) in [4.78, 5) is 24.2. The first kappa shape index (κ1) is 21.8. The normalized spacial score (nSPS) is 10.9. The molecule has 0 atom stereocenters. The van der Waals surface area contributed by atoms with Gasteiger partial charge in [0.25, 0.3) is 11.8 Å². The summed E-state index contributed by atoms with van der Waals surface area (Å²) in [6.45, 7) is 2.50. The van der Waals surface area contributed by atoms with Gasteiger partial charge in [-0.15, -0.1) is 0 Å². The second-order valence-corrected chi connectivity index (χ2v) is 6.92. The van der Waals surface area contributed by atoms with Crippen LogP contribution < -0.4 is 15.5 Å². The van der Waals surface area contributed by atoms with Gasteiger partial charge >= 0.3 is 0 Å². The third-order valence-electron chi connectivity index (χ3n) is 4.62. The van der Waals surface area contributed by atoms with Gasteiger partial charge in [0.2, 0.25) is 0 Å². The molecule has 0 fully saturated rings. The summed E-state index contributed by atoms with van der Waals surface area (Å²) in [5, 5.41) is 18.3. The van der Waals surface area contributed by atoms with Gasteiger partial charge in [-0.2, -0.15) is 5.10 Å². The number of carbonyl (C=O) groups is 2. The first-order valence-electron chi connectivity index (χ1n) is 10.1. The van der Waals surface area contributed by atoms with Crippen LogP contribution in [0.2, 0.25) is 0 Å². The van der Waals surface area contributed by atoms with Crippen LogP contribution in [0.25, 0.3) is 10.8 Å². The number of phenols is 1. The van der Waals surface area contributed by atoms with Gasteiger partial charge in [-0.1, -0.05) is 43.7 Å². The molecule has 0 heterocycles. The van der Waals surface area contributed by atoms with Gasteiger partial charge in [0.05, 0.1) is 19.4 Å². The van der Waals surface area contributed by atoms with E-state index in [0.29, 0.717) is 23.5 Å². The fraction of sp³-hybridized carbons (Fsp3) is 0.208. The lowest BCUT2D eigenvalue weighted by Crippen LogP contribution is -2.34. The van der Waals surface area contributed by atoms with Gasteiger partial charge in [-0.3, -0.25) is 9.59 Å². The Morgan fingerprint density at radius 2 is 1.84 bits per heavy atom. The summed E-state index contributed by atoms with van der Waals surface area (Å²) >= 11 is 0. The molecule has 0 aliphatic carbocycles. The van der Waals surface area contributed by atoms with E-state index in [-0.39, 0.29) is 18.2 Å². The molecule has 0 radical (unpaired) electrons. The zero-order valence-corrected chi connectivity index (χ0v) is 17.3. The molecule has 2 amide bonds. The minimum absolute atomic E-state index is 0.0622. The summed E-state index contributed by atoms with van der Waals surface area (Å²) in [6.07, 6.45) is 3.41. The van der Waals surface area contributed by atoms with Crippen molar-refractivity contribution in [1.82, 2.24) is 10.7 Å². The molecule has 160 valence electrons. The van der Waals surface area contributed by atoms with Crippen molar-refractivity contribution >= 4 is 28.8 Å². The highest BCUT2D eigenvalue weighted by molar-refractivity contribution is 6.02. The average Bonchev–Trinajstić information content (AvgIpc) is 2.79. The van der Waals surface area contributed by atoms with E-state index in [1.165, 1.54) is 6.21 Å². The third-order valence-corrected chi connectivity index (χ3v) is 4.62. The summed E-state index contributed by atoms with van der Waals surface area (Å²) in [5.74, 6) is -0.0873. The minimum atomic E-state index is -0.483. The standard InChI is InChI=1S/C24H25N3O4/c1-2-3-14-31-19-11-8-18(9-12-19)24(30)25-16-23(29)27-26-15-21-20-7-5-4-6-17(20)10-13-22(21)28/h4-13,15,28H,2-3,14,16H2,1H3,(H,25,30)(H,27,29). The molecule has 3 rings (SSSR count). The molecular weight excluding hydrogens is 394 g/mol. The smallest absolute Gasteiger partial charge is 0.259 e. The largest absolute Gasteiger partial charge is 0.507 e. The molecule has 3 aromatic carbocycles. The van der Waals surface area contributed by atoms with Crippen LogP contribution in [0.3, 0.4) is 0 Å². The van der Waals surface area contributed by atoms with Gasteiger partial charge in [0.15, 0.2) is 0 Å². The molecule has 3 aromatic rings. The number of amides is 2. The highest BCUT2D eigenvalue weighted by atomic mass is 16.5. The Hall–Kier alpha value is -3.87. The van der Waals surface area contributed by atoms with Gasteiger partial charge in [0, 0.05) is 11.1 Å². The van der Waals surface area contributed by atoms with Crippen molar-refractivity contribution in [2.45, 2.75) is 19.8 Å². The molecule has 31 heavy (non-hydrogen) atoms. The highest BCUT2D eigenvalue weighted by Gasteiger charge is 2.08. The van der Waals surface area contributed by atoms with Crippen molar-refractivity contribution < 1.29 is 19.4 Å². The first-order chi connectivity index (χ1) is 15.1. The molecule has 0 saturated heterocycles. The fourth-order valence-corrected chi connectivity index (χ4v) is 2.93. The SMILES string of the molecule is CCCCOc1ccc(C(=O)NCC(=O)NN=Cc2c(O)ccc3ccccc23)cc1. The Labute approximate surface area is 180 Å². The second-order valence-electron chi connectivity index (χ2n) is 6.92. The van der Waals surface area contributed by atoms with Crippen molar-refractivity contribution in [2.24, 2.45) is 5.10 Å². The van der Waals surface area contributed by atoms with Crippen LogP contribution in [0.4, 0.5) is 0 Å². The van der Waals surface area contributed by atoms with E-state index in [4.69, 9.17) is 4.74 Å². The molecular formula is C24H25N3O4. The van der Waals surface area contributed by atoms with Crippen LogP contribution in [0, 0.1) is 0 Å². The maximum absolute atomic E-state index is 12.2. The Morgan fingerprint density at radius 1 is 1.06 bits per heavy atom. The number of rotatable bonds is 9. The molecule has 7 heteroatoms. The molecule has 0 aliphatic heterocycles. The van der Waals surface area contributed by atoms with Crippen molar-refractivity contribution in [3.63, 3.8) is 0 Å². The maximum Gasteiger partial charge on any atom is 0.259 e. The van der Waals surface area contributed by atoms with Crippen molar-refractivity contribution in [3.8, 4) is 11.5 Å². The Morgan fingerprint density at radius 3 is 2.61 bits per heavy atom. The monoisotopic (exact) mass is 419 g/mol. The molecule has 0 aliphatic rings. The van der Waals surface area contributed by atoms with E-state index in [2.05, 4.69) is 22.8 Å². The zero-order chi connectivity index (χ0) is 22.1. The van der Waals surface area contributed by atoms with Gasteiger partial charge in [-0.05, 0) is 47.5 Å². The van der Waals surface area contributed by atoms with E-state index in [1.54, 1.807) is 36.4 Å². The van der Waals surface area contributed by atoms with E-state index >= 15 is 0 Å². The third kappa shape index (κ3) is 6.05. The van der Waals surface area contributed by atoms with Crippen LogP contribution in [0.5, 0.6) is 11.5 Å². The lowest BCUT2D eigenvalue weighted by atomic mass is 10.0. The number of aromatic hydroxyl groups is 1. The topological polar surface area (TPSA) is 100 Å². The number of carbonyl (C=O) groups excluding carboxylic acids is 2. The highest BCUT2D eigenvalue weighted by Crippen LogP contribution is 2.25. The molecule has 0 unspecified atom stereocenters. The Kier molecular flexibility index (Phi) is 7.59. The van der Waals surface area contributed by atoms with Gasteiger partial charge < -0.3 is 15.2 Å². The predicted molar refractivity (Wildman–Crippen MR) is 121 cm³/mol. The zero-order valence-electron chi connectivity index (χ0n) is 17.3. The quantitative estimate of drug-likeness (QED) is 0.280. The van der Waals surface area contributed by atoms with E-state index in [0.717, 1.165) is 23.6 Å². The summed E-state index contributed by atoms with van der Waals surface area (Å²) in [7, 11) is 0. The minimum Gasteiger partial charge on any atom is -0.507 e. The number of hydrogen-bond donors (Lipinski definition) is 3. The molecule has 0 aromatic heterocycles. The predicted octanol–water partition coefficient (Wildman–Crippen LogP) is 3.60. The van der Waals surface area contributed by atoms with E-state index in [9.17, 15) is 14.7 Å². The number of benzene rings is 3. The molecule has 0 saturated carbocycles. The maximum atomic E-state index is 12.2. The number of nitrogens with zero attached hydrogens (tertiary/aromatic N) is 1. The van der Waals surface area contributed by atoms with Crippen molar-refractivity contribution in [1.29, 1.82) is 0 Å².